The lowest BCUT2D eigenvalue weighted by Crippen LogP contribution is -2.72. The predicted octanol–water partition coefficient (Wildman–Crippen LogP) is 6.62. The molecular weight excluding hydrogens is 789 g/mol. The number of alkyl carbamates (subject to hydrolysis) is 2. The van der Waals surface area contributed by atoms with Crippen LogP contribution in [0.2, 0.25) is 0 Å². The number of fused-ring (bicyclic) bond motifs is 1. The van der Waals surface area contributed by atoms with E-state index in [1.54, 1.807) is 7.05 Å². The number of amides is 3. The Morgan fingerprint density at radius 2 is 1.33 bits per heavy atom. The number of rotatable bonds is 13. The van der Waals surface area contributed by atoms with Crippen molar-refractivity contribution in [2.45, 2.75) is 138 Å². The minimum Gasteiger partial charge on any atom is -0.445 e. The summed E-state index contributed by atoms with van der Waals surface area (Å²) in [6, 6.07) is 23.8. The molecule has 3 amide bonds. The molecule has 10 atom stereocenters. The standard InChI is InChI=1S/C44H54N6O11/c1-28(50(2)43(54)57-27-31-19-11-5-12-20-31)33-22-21-32(48-49-45)40(58-33)59-37-34(46-41(52)55-25-29-15-7-3-8-16-29)36(51)35(47-42(53)56-26-30-17-9-4-10-18-30)38-39(37)61-44(60-38)23-13-6-14-24-44/h3-5,7-12,15-20,28,32-40,51H,6,13-14,21-27H2,1-2H3,(H,46,52)(H,47,53)/t28?,32-,33+,34+,35-,36+,37-,38+,39+,40-/m1/s1. The van der Waals surface area contributed by atoms with Crippen molar-refractivity contribution in [3.8, 4) is 0 Å². The Morgan fingerprint density at radius 1 is 0.803 bits per heavy atom. The van der Waals surface area contributed by atoms with Gasteiger partial charge in [0.2, 0.25) is 0 Å². The first-order chi connectivity index (χ1) is 29.6. The maximum absolute atomic E-state index is 13.6. The van der Waals surface area contributed by atoms with Gasteiger partial charge in [0.05, 0.1) is 36.4 Å². The molecule has 4 aliphatic rings. The summed E-state index contributed by atoms with van der Waals surface area (Å²) < 4.78 is 43.6. The molecule has 17 nitrogen and oxygen atoms in total. The number of nitrogens with zero attached hydrogens (tertiary/aromatic N) is 4. The predicted molar refractivity (Wildman–Crippen MR) is 218 cm³/mol. The lowest BCUT2D eigenvalue weighted by atomic mass is 9.81. The van der Waals surface area contributed by atoms with Gasteiger partial charge in [0.25, 0.3) is 0 Å². The minimum atomic E-state index is -1.54. The van der Waals surface area contributed by atoms with Crippen LogP contribution in [0.5, 0.6) is 0 Å². The number of benzene rings is 3. The summed E-state index contributed by atoms with van der Waals surface area (Å²) in [5, 5.41) is 21.9. The van der Waals surface area contributed by atoms with Gasteiger partial charge in [-0.1, -0.05) is 103 Å². The third-order valence-electron chi connectivity index (χ3n) is 11.9. The van der Waals surface area contributed by atoms with Gasteiger partial charge in [0, 0.05) is 24.8 Å². The number of carbonyl (C=O) groups is 3. The van der Waals surface area contributed by atoms with E-state index in [-0.39, 0.29) is 19.8 Å². The molecular formula is C44H54N6O11. The fourth-order valence-electron chi connectivity index (χ4n) is 8.48. The monoisotopic (exact) mass is 842 g/mol. The summed E-state index contributed by atoms with van der Waals surface area (Å²) in [6.07, 6.45) is -4.26. The normalized spacial score (nSPS) is 28.3. The van der Waals surface area contributed by atoms with E-state index in [0.717, 1.165) is 36.0 Å². The molecule has 0 bridgehead atoms. The van der Waals surface area contributed by atoms with Gasteiger partial charge in [-0.3, -0.25) is 0 Å². The van der Waals surface area contributed by atoms with Crippen LogP contribution >= 0.6 is 0 Å². The molecule has 2 heterocycles. The first kappa shape index (κ1) is 43.7. The van der Waals surface area contributed by atoms with Crippen LogP contribution in [0.4, 0.5) is 14.4 Å². The number of carbonyl (C=O) groups excluding carboxylic acids is 3. The quantitative estimate of drug-likeness (QED) is 0.0720. The highest BCUT2D eigenvalue weighted by Gasteiger charge is 2.62. The van der Waals surface area contributed by atoms with E-state index < -0.39 is 85.0 Å². The summed E-state index contributed by atoms with van der Waals surface area (Å²) >= 11 is 0. The number of nitrogens with one attached hydrogen (secondary N) is 2. The summed E-state index contributed by atoms with van der Waals surface area (Å²) in [5.74, 6) is -1.05. The fraction of sp³-hybridized carbons (Fsp3) is 0.523. The van der Waals surface area contributed by atoms with Crippen LogP contribution in [0, 0.1) is 0 Å². The molecule has 3 N–H and O–H groups in total. The maximum Gasteiger partial charge on any atom is 0.410 e. The van der Waals surface area contributed by atoms with Gasteiger partial charge in [-0.25, -0.2) is 14.4 Å². The molecule has 2 aliphatic carbocycles. The van der Waals surface area contributed by atoms with Gasteiger partial charge in [0.15, 0.2) is 12.1 Å². The molecule has 0 radical (unpaired) electrons. The van der Waals surface area contributed by atoms with E-state index in [1.807, 2.05) is 97.9 Å². The molecule has 17 heteroatoms. The van der Waals surface area contributed by atoms with Crippen molar-refractivity contribution in [2.24, 2.45) is 5.11 Å². The van der Waals surface area contributed by atoms with Crippen molar-refractivity contribution in [2.75, 3.05) is 7.05 Å². The molecule has 61 heavy (non-hydrogen) atoms. The van der Waals surface area contributed by atoms with Crippen LogP contribution in [0.25, 0.3) is 10.4 Å². The SMILES string of the molecule is CC([C@@H]1CC[C@@H](N=[N+]=[N-])[C@@H](O[C@@H]2[C@@H](NC(=O)OCc3ccccc3)[C@H](O)[C@@H](NC(=O)OCc3ccccc3)[C@@H]3OC4(CCCCC4)O[C@@H]23)O1)N(C)C(=O)OCc1ccccc1. The molecule has 0 aromatic heterocycles. The van der Waals surface area contributed by atoms with Gasteiger partial charge in [-0.2, -0.15) is 0 Å². The molecule has 2 saturated heterocycles. The van der Waals surface area contributed by atoms with Gasteiger partial charge in [-0.15, -0.1) is 0 Å². The molecule has 7 rings (SSSR count). The number of hydrogen-bond donors (Lipinski definition) is 3. The van der Waals surface area contributed by atoms with Gasteiger partial charge < -0.3 is 53.8 Å². The van der Waals surface area contributed by atoms with Gasteiger partial charge in [-0.05, 0) is 54.8 Å². The Morgan fingerprint density at radius 3 is 1.89 bits per heavy atom. The van der Waals surface area contributed by atoms with Gasteiger partial charge >= 0.3 is 18.3 Å². The largest absolute Gasteiger partial charge is 0.445 e. The maximum atomic E-state index is 13.6. The summed E-state index contributed by atoms with van der Waals surface area (Å²) in [5.41, 5.74) is 12.0. The van der Waals surface area contributed by atoms with E-state index in [9.17, 15) is 25.0 Å². The number of aliphatic hydroxyl groups is 1. The Labute approximate surface area is 354 Å². The first-order valence-corrected chi connectivity index (χ1v) is 20.9. The third-order valence-corrected chi connectivity index (χ3v) is 11.9. The molecule has 3 aromatic rings. The average Bonchev–Trinajstić information content (AvgIpc) is 3.65. The Kier molecular flexibility index (Phi) is 14.6. The molecule has 326 valence electrons. The van der Waals surface area contributed by atoms with E-state index in [4.69, 9.17) is 33.2 Å². The lowest BCUT2D eigenvalue weighted by Gasteiger charge is -2.47. The van der Waals surface area contributed by atoms with Crippen LogP contribution in [0.15, 0.2) is 96.1 Å². The zero-order valence-electron chi connectivity index (χ0n) is 34.3. The Balaban J connectivity index is 1.14. The van der Waals surface area contributed by atoms with Crippen molar-refractivity contribution in [3.05, 3.63) is 118 Å². The zero-order chi connectivity index (χ0) is 42.8. The smallest absolute Gasteiger partial charge is 0.410 e. The topological polar surface area (TPSA) is 212 Å². The molecule has 2 aliphatic heterocycles. The second-order valence-corrected chi connectivity index (χ2v) is 16.0. The van der Waals surface area contributed by atoms with E-state index in [2.05, 4.69) is 20.7 Å². The third kappa shape index (κ3) is 10.9. The molecule has 1 spiro atoms. The number of ether oxygens (including phenoxy) is 7. The summed E-state index contributed by atoms with van der Waals surface area (Å²) in [6.45, 7) is 1.82. The summed E-state index contributed by atoms with van der Waals surface area (Å²) in [7, 11) is 1.62. The molecule has 4 fully saturated rings. The molecule has 1 unspecified atom stereocenters. The lowest BCUT2D eigenvalue weighted by molar-refractivity contribution is -0.265. The zero-order valence-corrected chi connectivity index (χ0v) is 34.3. The Bertz CT molecular complexity index is 1950. The van der Waals surface area contributed by atoms with Crippen molar-refractivity contribution in [3.63, 3.8) is 0 Å². The van der Waals surface area contributed by atoms with Crippen LogP contribution < -0.4 is 10.6 Å². The van der Waals surface area contributed by atoms with Crippen LogP contribution in [-0.2, 0) is 53.0 Å². The minimum absolute atomic E-state index is 0.0244. The average molecular weight is 843 g/mol. The number of aliphatic hydroxyl groups excluding tert-OH is 1. The molecule has 3 aromatic carbocycles. The number of azide groups is 1. The van der Waals surface area contributed by atoms with Crippen molar-refractivity contribution < 1.29 is 52.6 Å². The van der Waals surface area contributed by atoms with E-state index >= 15 is 0 Å². The van der Waals surface area contributed by atoms with E-state index in [0.29, 0.717) is 25.7 Å². The second-order valence-electron chi connectivity index (χ2n) is 16.0. The van der Waals surface area contributed by atoms with Crippen molar-refractivity contribution in [1.29, 1.82) is 0 Å². The second kappa shape index (κ2) is 20.4. The Hall–Kier alpha value is -5.42. The summed E-state index contributed by atoms with van der Waals surface area (Å²) in [4.78, 5) is 44.7. The van der Waals surface area contributed by atoms with Gasteiger partial charge in [0.1, 0.15) is 38.1 Å². The van der Waals surface area contributed by atoms with Crippen molar-refractivity contribution in [1.82, 2.24) is 15.5 Å². The van der Waals surface area contributed by atoms with Crippen LogP contribution in [0.3, 0.4) is 0 Å². The van der Waals surface area contributed by atoms with Crippen LogP contribution in [-0.4, -0.2) is 102 Å². The van der Waals surface area contributed by atoms with Crippen molar-refractivity contribution >= 4 is 18.3 Å². The molecule has 2 saturated carbocycles. The first-order valence-electron chi connectivity index (χ1n) is 20.9. The highest BCUT2D eigenvalue weighted by atomic mass is 16.8. The number of hydrogen-bond acceptors (Lipinski definition) is 12. The highest BCUT2D eigenvalue weighted by Crippen LogP contribution is 2.46. The van der Waals surface area contributed by atoms with E-state index in [1.165, 1.54) is 4.90 Å². The highest BCUT2D eigenvalue weighted by molar-refractivity contribution is 5.69. The number of likely N-dealkylation sites (N-methyl/N-ethyl adjacent to an activating group) is 1. The fourth-order valence-corrected chi connectivity index (χ4v) is 8.48. The van der Waals surface area contributed by atoms with Crippen LogP contribution in [0.1, 0.15) is 68.6 Å².